The first-order chi connectivity index (χ1) is 17.1. The number of ether oxygens (including phenoxy) is 4. The van der Waals surface area contributed by atoms with E-state index in [0.717, 1.165) is 25.2 Å². The summed E-state index contributed by atoms with van der Waals surface area (Å²) in [4.78, 5) is 29.2. The Kier molecular flexibility index (Phi) is 8.23. The van der Waals surface area contributed by atoms with Crippen molar-refractivity contribution in [3.05, 3.63) is 48.0 Å². The Morgan fingerprint density at radius 2 is 1.94 bits per heavy atom. The number of methoxy groups -OCH3 is 1. The van der Waals surface area contributed by atoms with Crippen LogP contribution in [0.3, 0.4) is 0 Å². The Labute approximate surface area is 205 Å². The molecule has 0 saturated carbocycles. The van der Waals surface area contributed by atoms with Crippen LogP contribution in [-0.4, -0.2) is 76.4 Å². The maximum absolute atomic E-state index is 12.6. The number of benzene rings is 2. The van der Waals surface area contributed by atoms with Gasteiger partial charge >= 0.3 is 0 Å². The molecule has 0 unspecified atom stereocenters. The van der Waals surface area contributed by atoms with Gasteiger partial charge in [-0.1, -0.05) is 6.07 Å². The van der Waals surface area contributed by atoms with Crippen molar-refractivity contribution in [3.8, 4) is 17.2 Å². The lowest BCUT2D eigenvalue weighted by Crippen LogP contribution is -2.45. The first-order valence-corrected chi connectivity index (χ1v) is 11.7. The molecule has 2 aromatic carbocycles. The highest BCUT2D eigenvalue weighted by molar-refractivity contribution is 6.03. The minimum atomic E-state index is -0.291. The molecular formula is C26H31N3O6. The van der Waals surface area contributed by atoms with E-state index in [1.165, 1.54) is 6.08 Å². The lowest BCUT2D eigenvalue weighted by molar-refractivity contribution is -0.121. The minimum absolute atomic E-state index is 0.0100. The number of amides is 2. The van der Waals surface area contributed by atoms with E-state index in [-0.39, 0.29) is 18.4 Å². The van der Waals surface area contributed by atoms with E-state index in [4.69, 9.17) is 18.9 Å². The zero-order valence-corrected chi connectivity index (χ0v) is 20.1. The van der Waals surface area contributed by atoms with Gasteiger partial charge in [0.15, 0.2) is 18.1 Å². The summed E-state index contributed by atoms with van der Waals surface area (Å²) in [6.45, 7) is 6.88. The monoisotopic (exact) mass is 481 g/mol. The number of carbonyl (C=O) groups is 2. The second kappa shape index (κ2) is 11.7. The molecule has 9 nitrogen and oxygen atoms in total. The number of rotatable bonds is 9. The third-order valence-corrected chi connectivity index (χ3v) is 5.83. The molecule has 9 heteroatoms. The molecule has 0 atom stereocenters. The molecule has 1 N–H and O–H groups in total. The zero-order chi connectivity index (χ0) is 24.6. The summed E-state index contributed by atoms with van der Waals surface area (Å²) >= 11 is 0. The van der Waals surface area contributed by atoms with E-state index in [1.54, 1.807) is 36.3 Å². The summed E-state index contributed by atoms with van der Waals surface area (Å²) in [6, 6.07) is 10.8. The van der Waals surface area contributed by atoms with Crippen molar-refractivity contribution in [1.29, 1.82) is 0 Å². The van der Waals surface area contributed by atoms with Crippen LogP contribution in [0.15, 0.2) is 42.5 Å². The van der Waals surface area contributed by atoms with E-state index >= 15 is 0 Å². The quantitative estimate of drug-likeness (QED) is 0.551. The number of anilines is 2. The number of hydrogen-bond donors (Lipinski definition) is 1. The second-order valence-corrected chi connectivity index (χ2v) is 8.14. The molecule has 186 valence electrons. The first kappa shape index (κ1) is 24.6. The van der Waals surface area contributed by atoms with E-state index in [1.807, 2.05) is 25.1 Å². The third kappa shape index (κ3) is 6.32. The molecule has 2 aromatic rings. The first-order valence-electron chi connectivity index (χ1n) is 11.7. The summed E-state index contributed by atoms with van der Waals surface area (Å²) in [5.41, 5.74) is 2.05. The Hall–Kier alpha value is -3.56. The number of nitrogens with one attached hydrogen (secondary N) is 1. The van der Waals surface area contributed by atoms with Crippen LogP contribution < -0.4 is 24.4 Å². The van der Waals surface area contributed by atoms with Gasteiger partial charge in [0.2, 0.25) is 5.91 Å². The molecule has 2 aliphatic rings. The highest BCUT2D eigenvalue weighted by atomic mass is 16.5. The predicted molar refractivity (Wildman–Crippen MR) is 133 cm³/mol. The Morgan fingerprint density at radius 1 is 1.11 bits per heavy atom. The van der Waals surface area contributed by atoms with Crippen molar-refractivity contribution < 1.29 is 28.5 Å². The maximum Gasteiger partial charge on any atom is 0.265 e. The average Bonchev–Trinajstić information content (AvgIpc) is 2.88. The molecule has 0 spiro atoms. The zero-order valence-electron chi connectivity index (χ0n) is 20.1. The van der Waals surface area contributed by atoms with Crippen LogP contribution in [0.25, 0.3) is 6.08 Å². The van der Waals surface area contributed by atoms with E-state index in [9.17, 15) is 9.59 Å². The molecule has 1 saturated heterocycles. The molecule has 2 aliphatic heterocycles. The second-order valence-electron chi connectivity index (χ2n) is 8.14. The summed E-state index contributed by atoms with van der Waals surface area (Å²) in [5.74, 6) is 1.49. The number of carbonyl (C=O) groups excluding carboxylic acids is 2. The lowest BCUT2D eigenvalue weighted by Gasteiger charge is -2.33. The van der Waals surface area contributed by atoms with Gasteiger partial charge in [-0.05, 0) is 48.9 Å². The summed E-state index contributed by atoms with van der Waals surface area (Å²) in [7, 11) is 1.58. The van der Waals surface area contributed by atoms with Gasteiger partial charge in [0, 0.05) is 37.9 Å². The van der Waals surface area contributed by atoms with Gasteiger partial charge in [0.25, 0.3) is 5.91 Å². The van der Waals surface area contributed by atoms with Crippen LogP contribution in [0, 0.1) is 0 Å². The third-order valence-electron chi connectivity index (χ3n) is 5.83. The smallest absolute Gasteiger partial charge is 0.265 e. The lowest BCUT2D eigenvalue weighted by atomic mass is 10.1. The normalized spacial score (nSPS) is 16.1. The fourth-order valence-electron chi connectivity index (χ4n) is 4.01. The Morgan fingerprint density at radius 3 is 2.71 bits per heavy atom. The highest BCUT2D eigenvalue weighted by Crippen LogP contribution is 2.34. The molecule has 1 fully saturated rings. The van der Waals surface area contributed by atoms with E-state index in [2.05, 4.69) is 10.2 Å². The fraction of sp³-hybridized carbons (Fsp3) is 0.385. The molecule has 0 radical (unpaired) electrons. The summed E-state index contributed by atoms with van der Waals surface area (Å²) in [6.07, 6.45) is 3.15. The maximum atomic E-state index is 12.6. The van der Waals surface area contributed by atoms with Crippen LogP contribution in [0.1, 0.15) is 12.5 Å². The number of nitrogens with zero attached hydrogens (tertiary/aromatic N) is 2. The van der Waals surface area contributed by atoms with Gasteiger partial charge in [-0.15, -0.1) is 0 Å². The van der Waals surface area contributed by atoms with Crippen molar-refractivity contribution in [2.45, 2.75) is 6.92 Å². The Balaban J connectivity index is 1.42. The van der Waals surface area contributed by atoms with Crippen molar-refractivity contribution >= 4 is 29.3 Å². The SMILES string of the molecule is CCOc1ccc(/C=C/C(=O)Nc2ccc3c(c2)N(CCN2CCOCC2)C(=O)CO3)cc1OC. The van der Waals surface area contributed by atoms with E-state index in [0.29, 0.717) is 55.0 Å². The molecule has 2 heterocycles. The number of fused-ring (bicyclic) bond motifs is 1. The van der Waals surface area contributed by atoms with Crippen LogP contribution in [0.5, 0.6) is 17.2 Å². The van der Waals surface area contributed by atoms with E-state index < -0.39 is 0 Å². The summed E-state index contributed by atoms with van der Waals surface area (Å²) in [5, 5.41) is 2.86. The fourth-order valence-corrected chi connectivity index (χ4v) is 4.01. The van der Waals surface area contributed by atoms with Gasteiger partial charge in [-0.25, -0.2) is 0 Å². The van der Waals surface area contributed by atoms with Gasteiger partial charge < -0.3 is 29.2 Å². The standard InChI is InChI=1S/C26H31N3O6/c1-3-34-23-7-4-19(16-24(23)32-2)5-9-25(30)27-20-6-8-22-21(17-20)29(26(31)18-35-22)11-10-28-12-14-33-15-13-28/h4-9,16-17H,3,10-15,18H2,1-2H3,(H,27,30)/b9-5+. The molecular weight excluding hydrogens is 450 g/mol. The molecule has 35 heavy (non-hydrogen) atoms. The van der Waals surface area contributed by atoms with Crippen molar-refractivity contribution in [3.63, 3.8) is 0 Å². The Bertz CT molecular complexity index is 1080. The van der Waals surface area contributed by atoms with Crippen LogP contribution in [-0.2, 0) is 14.3 Å². The summed E-state index contributed by atoms with van der Waals surface area (Å²) < 4.78 is 21.9. The number of morpholine rings is 1. The molecule has 0 aliphatic carbocycles. The van der Waals surface area contributed by atoms with Gasteiger partial charge in [-0.3, -0.25) is 14.5 Å². The average molecular weight is 482 g/mol. The minimum Gasteiger partial charge on any atom is -0.493 e. The van der Waals surface area contributed by atoms with Crippen molar-refractivity contribution in [1.82, 2.24) is 4.90 Å². The predicted octanol–water partition coefficient (Wildman–Crippen LogP) is 2.80. The van der Waals surface area contributed by atoms with Crippen LogP contribution in [0.4, 0.5) is 11.4 Å². The highest BCUT2D eigenvalue weighted by Gasteiger charge is 2.26. The van der Waals surface area contributed by atoms with Crippen molar-refractivity contribution in [2.75, 3.05) is 69.9 Å². The van der Waals surface area contributed by atoms with Crippen molar-refractivity contribution in [2.24, 2.45) is 0 Å². The molecule has 0 bridgehead atoms. The molecule has 0 aromatic heterocycles. The van der Waals surface area contributed by atoms with Gasteiger partial charge in [-0.2, -0.15) is 0 Å². The van der Waals surface area contributed by atoms with Gasteiger partial charge in [0.05, 0.1) is 32.6 Å². The molecule has 2 amide bonds. The number of hydrogen-bond acceptors (Lipinski definition) is 7. The van der Waals surface area contributed by atoms with Crippen LogP contribution >= 0.6 is 0 Å². The van der Waals surface area contributed by atoms with Gasteiger partial charge in [0.1, 0.15) is 5.75 Å². The molecule has 4 rings (SSSR count). The topological polar surface area (TPSA) is 89.6 Å². The largest absolute Gasteiger partial charge is 0.493 e. The van der Waals surface area contributed by atoms with Crippen LogP contribution in [0.2, 0.25) is 0 Å².